The van der Waals surface area contributed by atoms with Crippen LogP contribution in [-0.2, 0) is 27.4 Å². The first-order valence-corrected chi connectivity index (χ1v) is 13.9. The number of benzene rings is 3. The summed E-state index contributed by atoms with van der Waals surface area (Å²) < 4.78 is 24.7. The Morgan fingerprint density at radius 1 is 1.14 bits per heavy atom. The van der Waals surface area contributed by atoms with Gasteiger partial charge in [0.1, 0.15) is 24.2 Å². The van der Waals surface area contributed by atoms with Crippen molar-refractivity contribution in [2.45, 2.75) is 38.1 Å². The van der Waals surface area contributed by atoms with Crippen molar-refractivity contribution < 1.29 is 23.5 Å². The van der Waals surface area contributed by atoms with Crippen molar-refractivity contribution >= 4 is 23.4 Å². The molecule has 4 aromatic rings. The number of halogens is 2. The van der Waals surface area contributed by atoms with Crippen LogP contribution in [0.3, 0.4) is 0 Å². The molecule has 2 atom stereocenters. The highest BCUT2D eigenvalue weighted by molar-refractivity contribution is 6.31. The van der Waals surface area contributed by atoms with Gasteiger partial charge in [-0.3, -0.25) is 9.59 Å². The van der Waals surface area contributed by atoms with Gasteiger partial charge in [0.2, 0.25) is 17.6 Å². The maximum Gasteiger partial charge on any atom is 0.247 e. The van der Waals surface area contributed by atoms with Crippen molar-refractivity contribution in [1.29, 1.82) is 0 Å². The lowest BCUT2D eigenvalue weighted by molar-refractivity contribution is -0.142. The fourth-order valence-electron chi connectivity index (χ4n) is 4.75. The Morgan fingerprint density at radius 3 is 2.60 bits per heavy atom. The number of methoxy groups -OCH3 is 1. The van der Waals surface area contributed by atoms with Gasteiger partial charge in [-0.05, 0) is 71.6 Å². The van der Waals surface area contributed by atoms with E-state index in [9.17, 15) is 14.0 Å². The predicted octanol–water partition coefficient (Wildman–Crippen LogP) is 4.21. The van der Waals surface area contributed by atoms with Gasteiger partial charge in [-0.1, -0.05) is 41.9 Å². The van der Waals surface area contributed by atoms with Crippen LogP contribution >= 0.6 is 11.6 Å². The van der Waals surface area contributed by atoms with Crippen molar-refractivity contribution in [2.75, 3.05) is 20.3 Å². The highest BCUT2D eigenvalue weighted by atomic mass is 35.5. The first-order valence-electron chi connectivity index (χ1n) is 13.5. The second kappa shape index (κ2) is 13.5. The molecule has 0 saturated carbocycles. The van der Waals surface area contributed by atoms with Crippen LogP contribution in [0.15, 0.2) is 72.8 Å². The molecule has 0 spiro atoms. The summed E-state index contributed by atoms with van der Waals surface area (Å²) in [5.74, 6) is -0.342. The number of hydrogen-bond acceptors (Lipinski definition) is 7. The molecule has 0 aliphatic carbocycles. The Kier molecular flexibility index (Phi) is 9.40. The number of rotatable bonds is 11. The molecule has 42 heavy (non-hydrogen) atoms. The quantitative estimate of drug-likeness (QED) is 0.278. The maximum atomic E-state index is 14.0. The molecule has 1 fully saturated rings. The second-order valence-electron chi connectivity index (χ2n) is 9.82. The minimum absolute atomic E-state index is 0.00787. The third-order valence-electron chi connectivity index (χ3n) is 6.97. The van der Waals surface area contributed by atoms with Gasteiger partial charge >= 0.3 is 0 Å². The minimum Gasteiger partial charge on any atom is -0.497 e. The van der Waals surface area contributed by atoms with Crippen LogP contribution in [0.5, 0.6) is 5.75 Å². The third-order valence-corrected chi connectivity index (χ3v) is 7.34. The van der Waals surface area contributed by atoms with E-state index >= 15 is 0 Å². The lowest BCUT2D eigenvalue weighted by Gasteiger charge is -2.32. The molecule has 1 aliphatic heterocycles. The highest BCUT2D eigenvalue weighted by Crippen LogP contribution is 2.27. The summed E-state index contributed by atoms with van der Waals surface area (Å²) in [7, 11) is 1.57. The maximum absolute atomic E-state index is 14.0. The van der Waals surface area contributed by atoms with Gasteiger partial charge in [-0.15, -0.1) is 10.2 Å². The summed E-state index contributed by atoms with van der Waals surface area (Å²) in [5.41, 5.74) is 1.77. The summed E-state index contributed by atoms with van der Waals surface area (Å²) in [6, 6.07) is 18.6. The van der Waals surface area contributed by atoms with Gasteiger partial charge < -0.3 is 19.7 Å². The molecule has 5 rings (SSSR count). The molecule has 218 valence electrons. The molecule has 1 N–H and O–H groups in total. The van der Waals surface area contributed by atoms with Crippen LogP contribution < -0.4 is 10.1 Å². The van der Waals surface area contributed by atoms with E-state index in [1.54, 1.807) is 55.6 Å². The van der Waals surface area contributed by atoms with E-state index in [-0.39, 0.29) is 19.2 Å². The Bertz CT molecular complexity index is 1510. The molecular weight excluding hydrogens is 563 g/mol. The number of hydrogen-bond donors (Lipinski definition) is 1. The number of carbonyl (C=O) groups is 2. The van der Waals surface area contributed by atoms with Crippen molar-refractivity contribution in [3.63, 3.8) is 0 Å². The molecule has 0 unspecified atom stereocenters. The molecule has 0 radical (unpaired) electrons. The van der Waals surface area contributed by atoms with Gasteiger partial charge in [0, 0.05) is 30.3 Å². The largest absolute Gasteiger partial charge is 0.497 e. The summed E-state index contributed by atoms with van der Waals surface area (Å²) in [6.45, 7) is 0.640. The van der Waals surface area contributed by atoms with E-state index in [2.05, 4.69) is 20.7 Å². The highest BCUT2D eigenvalue weighted by Gasteiger charge is 2.33. The van der Waals surface area contributed by atoms with Gasteiger partial charge in [-0.2, -0.15) is 4.80 Å². The Balaban J connectivity index is 1.45. The van der Waals surface area contributed by atoms with E-state index in [0.29, 0.717) is 46.4 Å². The number of tetrazole rings is 1. The zero-order chi connectivity index (χ0) is 29.5. The van der Waals surface area contributed by atoms with E-state index in [4.69, 9.17) is 21.1 Å². The smallest absolute Gasteiger partial charge is 0.247 e. The van der Waals surface area contributed by atoms with Crippen molar-refractivity contribution in [2.24, 2.45) is 0 Å². The molecule has 2 amide bonds. The number of ether oxygens (including phenoxy) is 2. The summed E-state index contributed by atoms with van der Waals surface area (Å²) in [6.07, 6.45) is 1.65. The van der Waals surface area contributed by atoms with E-state index in [0.717, 1.165) is 12.8 Å². The summed E-state index contributed by atoms with van der Waals surface area (Å²) in [4.78, 5) is 30.3. The molecule has 12 heteroatoms. The predicted molar refractivity (Wildman–Crippen MR) is 153 cm³/mol. The van der Waals surface area contributed by atoms with E-state index < -0.39 is 23.7 Å². The summed E-state index contributed by atoms with van der Waals surface area (Å²) in [5, 5.41) is 15.9. The zero-order valence-electron chi connectivity index (χ0n) is 23.0. The third kappa shape index (κ3) is 7.10. The Labute approximate surface area is 247 Å². The minimum atomic E-state index is -1.10. The fourth-order valence-corrected chi connectivity index (χ4v) is 4.94. The number of nitrogens with one attached hydrogen (secondary N) is 1. The van der Waals surface area contributed by atoms with Gasteiger partial charge in [0.15, 0.2) is 0 Å². The number of nitrogens with zero attached hydrogens (tertiary/aromatic N) is 5. The average Bonchev–Trinajstić information content (AvgIpc) is 3.70. The van der Waals surface area contributed by atoms with Gasteiger partial charge in [0.25, 0.3) is 0 Å². The van der Waals surface area contributed by atoms with Crippen LogP contribution in [0, 0.1) is 5.82 Å². The fraction of sp³-hybridized carbons (Fsp3) is 0.300. The Hall–Kier alpha value is -4.35. The van der Waals surface area contributed by atoms with Crippen LogP contribution in [0.2, 0.25) is 5.02 Å². The number of carbonyl (C=O) groups excluding carboxylic acids is 2. The van der Waals surface area contributed by atoms with Crippen molar-refractivity contribution in [3.8, 4) is 17.1 Å². The standard InChI is InChI=1S/C30H30ClFN6O4/c1-41-24-14-10-21(11-15-24)29-34-36-38(35-29)19-27(39)37(18-22-5-2-3-7-26(22)31)28(20-8-12-23(32)13-9-20)30(40)33-17-25-6-4-16-42-25/h2-3,5,7-15,25,28H,4,6,16-19H2,1H3,(H,33,40)/t25-,28+/m0/s1. The molecular formula is C30H30ClFN6O4. The van der Waals surface area contributed by atoms with Crippen LogP contribution in [-0.4, -0.2) is 63.3 Å². The topological polar surface area (TPSA) is 111 Å². The molecule has 1 saturated heterocycles. The lowest BCUT2D eigenvalue weighted by Crippen LogP contribution is -2.46. The Morgan fingerprint density at radius 2 is 1.90 bits per heavy atom. The first-order chi connectivity index (χ1) is 20.4. The number of aromatic nitrogens is 4. The van der Waals surface area contributed by atoms with Gasteiger partial charge in [0.05, 0.1) is 13.2 Å². The van der Waals surface area contributed by atoms with Gasteiger partial charge in [-0.25, -0.2) is 4.39 Å². The van der Waals surface area contributed by atoms with Crippen molar-refractivity contribution in [3.05, 3.63) is 94.8 Å². The number of amides is 2. The molecule has 10 nitrogen and oxygen atoms in total. The molecule has 0 bridgehead atoms. The normalized spacial score (nSPS) is 15.3. The van der Waals surface area contributed by atoms with Crippen LogP contribution in [0.1, 0.15) is 30.0 Å². The van der Waals surface area contributed by atoms with Crippen LogP contribution in [0.25, 0.3) is 11.4 Å². The monoisotopic (exact) mass is 592 g/mol. The molecule has 2 heterocycles. The van der Waals surface area contributed by atoms with Crippen LogP contribution in [0.4, 0.5) is 4.39 Å². The molecule has 3 aromatic carbocycles. The van der Waals surface area contributed by atoms with E-state index in [1.165, 1.54) is 34.0 Å². The lowest BCUT2D eigenvalue weighted by atomic mass is 10.0. The molecule has 1 aromatic heterocycles. The zero-order valence-corrected chi connectivity index (χ0v) is 23.7. The average molecular weight is 593 g/mol. The SMILES string of the molecule is COc1ccc(-c2nnn(CC(=O)N(Cc3ccccc3Cl)[C@@H](C(=O)NC[C@@H]3CCCO3)c3ccc(F)cc3)n2)cc1. The molecule has 1 aliphatic rings. The van der Waals surface area contributed by atoms with E-state index in [1.807, 2.05) is 0 Å². The second-order valence-corrected chi connectivity index (χ2v) is 10.2. The first kappa shape index (κ1) is 29.2. The van der Waals surface area contributed by atoms with Crippen molar-refractivity contribution in [1.82, 2.24) is 30.4 Å². The summed E-state index contributed by atoms with van der Waals surface area (Å²) >= 11 is 6.47.